The van der Waals surface area contributed by atoms with Crippen LogP contribution in [0.5, 0.6) is 11.5 Å². The molecule has 0 unspecified atom stereocenters. The first-order valence-corrected chi connectivity index (χ1v) is 12.1. The maximum absolute atomic E-state index is 13.4. The van der Waals surface area contributed by atoms with Gasteiger partial charge in [0, 0.05) is 10.9 Å². The van der Waals surface area contributed by atoms with Crippen molar-refractivity contribution < 1.29 is 28.2 Å². The van der Waals surface area contributed by atoms with Crippen LogP contribution in [0.4, 0.5) is 16.2 Å². The lowest BCUT2D eigenvalue weighted by atomic mass is 10.1. The Bertz CT molecular complexity index is 1520. The van der Waals surface area contributed by atoms with Gasteiger partial charge in [0.05, 0.1) is 25.1 Å². The summed E-state index contributed by atoms with van der Waals surface area (Å²) < 4.78 is 22.5. The number of methoxy groups -OCH3 is 1. The summed E-state index contributed by atoms with van der Waals surface area (Å²) in [5, 5.41) is 0.477. The lowest BCUT2D eigenvalue weighted by Gasteiger charge is -2.22. The van der Waals surface area contributed by atoms with E-state index in [0.717, 1.165) is 0 Å². The largest absolute Gasteiger partial charge is 0.497 e. The molecule has 7 nitrogen and oxygen atoms in total. The summed E-state index contributed by atoms with van der Waals surface area (Å²) in [7, 11) is 1.58. The fourth-order valence-corrected chi connectivity index (χ4v) is 4.15. The third-order valence-corrected chi connectivity index (χ3v) is 5.91. The van der Waals surface area contributed by atoms with Crippen molar-refractivity contribution in [3.63, 3.8) is 0 Å². The second-order valence-electron chi connectivity index (χ2n) is 8.29. The number of furan rings is 1. The molecule has 190 valence electrons. The highest BCUT2D eigenvalue weighted by Gasteiger charge is 2.25. The Morgan fingerprint density at radius 2 is 1.39 bits per heavy atom. The maximum Gasteiger partial charge on any atom is 0.424 e. The third kappa shape index (κ3) is 4.95. The van der Waals surface area contributed by atoms with Gasteiger partial charge in [0.15, 0.2) is 0 Å². The quantitative estimate of drug-likeness (QED) is 0.211. The van der Waals surface area contributed by atoms with E-state index in [4.69, 9.17) is 18.6 Å². The molecule has 4 aromatic carbocycles. The molecule has 0 saturated heterocycles. The number of hydrogen-bond acceptors (Lipinski definition) is 6. The molecule has 0 radical (unpaired) electrons. The fraction of sp³-hybridized carbons (Fsp3) is 0.0968. The topological polar surface area (TPSA) is 78.2 Å². The molecule has 0 bridgehead atoms. The fourth-order valence-electron chi connectivity index (χ4n) is 4.15. The van der Waals surface area contributed by atoms with Crippen molar-refractivity contribution in [1.82, 2.24) is 0 Å². The normalized spacial score (nSPS) is 10.7. The van der Waals surface area contributed by atoms with Crippen molar-refractivity contribution in [3.05, 3.63) is 109 Å². The Morgan fingerprint density at radius 1 is 0.789 bits per heavy atom. The molecule has 0 spiro atoms. The molecule has 0 aliphatic heterocycles. The molecule has 5 rings (SSSR count). The highest BCUT2D eigenvalue weighted by atomic mass is 16.6. The standard InChI is InChI=1S/C31H25NO6/c1-3-36-30(33)28-26-20-25(18-19-27(26)38-29(28)21-14-16-24(35-2)17-15-21)37-31(34)32(22-10-6-4-7-11-22)23-12-8-5-9-13-23/h4-20H,3H2,1-2H3. The molecule has 7 heteroatoms. The van der Waals surface area contributed by atoms with E-state index in [1.807, 2.05) is 60.7 Å². The Balaban J connectivity index is 1.54. The molecule has 0 N–H and O–H groups in total. The van der Waals surface area contributed by atoms with E-state index in [0.29, 0.717) is 39.4 Å². The highest BCUT2D eigenvalue weighted by Crippen LogP contribution is 2.37. The van der Waals surface area contributed by atoms with Crippen LogP contribution in [-0.4, -0.2) is 25.8 Å². The van der Waals surface area contributed by atoms with Crippen LogP contribution < -0.4 is 14.4 Å². The van der Waals surface area contributed by atoms with Gasteiger partial charge in [-0.05, 0) is 73.7 Å². The number of para-hydroxylation sites is 2. The molecule has 5 aromatic rings. The van der Waals surface area contributed by atoms with Gasteiger partial charge in [-0.25, -0.2) is 14.5 Å². The van der Waals surface area contributed by atoms with Crippen LogP contribution in [0, 0.1) is 0 Å². The van der Waals surface area contributed by atoms with Crippen LogP contribution in [0.3, 0.4) is 0 Å². The minimum Gasteiger partial charge on any atom is -0.497 e. The van der Waals surface area contributed by atoms with E-state index in [-0.39, 0.29) is 17.9 Å². The summed E-state index contributed by atoms with van der Waals surface area (Å²) in [6, 6.07) is 30.5. The Hall–Kier alpha value is -5.04. The van der Waals surface area contributed by atoms with Gasteiger partial charge in [0.1, 0.15) is 28.4 Å². The van der Waals surface area contributed by atoms with Gasteiger partial charge in [0.25, 0.3) is 0 Å². The number of anilines is 2. The highest BCUT2D eigenvalue weighted by molar-refractivity contribution is 6.09. The minimum atomic E-state index is -0.599. The number of rotatable bonds is 7. The lowest BCUT2D eigenvalue weighted by molar-refractivity contribution is 0.0528. The van der Waals surface area contributed by atoms with Crippen molar-refractivity contribution in [2.75, 3.05) is 18.6 Å². The first kappa shape index (κ1) is 24.6. The van der Waals surface area contributed by atoms with E-state index < -0.39 is 12.1 Å². The number of carbonyl (C=O) groups is 2. The zero-order valence-electron chi connectivity index (χ0n) is 20.9. The summed E-state index contributed by atoms with van der Waals surface area (Å²) in [4.78, 5) is 27.9. The van der Waals surface area contributed by atoms with Gasteiger partial charge in [0.2, 0.25) is 0 Å². The zero-order valence-corrected chi connectivity index (χ0v) is 20.9. The predicted octanol–water partition coefficient (Wildman–Crippen LogP) is 7.62. The molecule has 0 aliphatic carbocycles. The van der Waals surface area contributed by atoms with Crippen molar-refractivity contribution in [2.24, 2.45) is 0 Å². The first-order chi connectivity index (χ1) is 18.6. The molecule has 0 aliphatic rings. The molecular weight excluding hydrogens is 482 g/mol. The summed E-state index contributed by atoms with van der Waals surface area (Å²) in [6.07, 6.45) is -0.599. The van der Waals surface area contributed by atoms with Crippen LogP contribution >= 0.6 is 0 Å². The third-order valence-electron chi connectivity index (χ3n) is 5.91. The maximum atomic E-state index is 13.4. The minimum absolute atomic E-state index is 0.200. The smallest absolute Gasteiger partial charge is 0.424 e. The number of hydrogen-bond donors (Lipinski definition) is 0. The molecule has 0 saturated carbocycles. The molecule has 38 heavy (non-hydrogen) atoms. The van der Waals surface area contributed by atoms with Crippen LogP contribution in [-0.2, 0) is 4.74 Å². The predicted molar refractivity (Wildman–Crippen MR) is 145 cm³/mol. The van der Waals surface area contributed by atoms with E-state index >= 15 is 0 Å². The van der Waals surface area contributed by atoms with Crippen molar-refractivity contribution >= 4 is 34.4 Å². The number of ether oxygens (including phenoxy) is 3. The average molecular weight is 508 g/mol. The zero-order chi connectivity index (χ0) is 26.5. The Morgan fingerprint density at radius 3 is 1.97 bits per heavy atom. The second-order valence-corrected chi connectivity index (χ2v) is 8.29. The Kier molecular flexibility index (Phi) is 7.08. The number of amides is 1. The van der Waals surface area contributed by atoms with Gasteiger partial charge < -0.3 is 18.6 Å². The number of carbonyl (C=O) groups excluding carboxylic acids is 2. The first-order valence-electron chi connectivity index (χ1n) is 12.1. The molecular formula is C31H25NO6. The summed E-state index contributed by atoms with van der Waals surface area (Å²) in [5.74, 6) is 0.764. The second kappa shape index (κ2) is 10.9. The molecule has 1 aromatic heterocycles. The monoisotopic (exact) mass is 507 g/mol. The molecule has 0 atom stereocenters. The Labute approximate surface area is 219 Å². The van der Waals surface area contributed by atoms with Gasteiger partial charge in [-0.15, -0.1) is 0 Å². The van der Waals surface area contributed by atoms with Crippen molar-refractivity contribution in [2.45, 2.75) is 6.92 Å². The van der Waals surface area contributed by atoms with Gasteiger partial charge in [-0.3, -0.25) is 0 Å². The number of esters is 1. The van der Waals surface area contributed by atoms with Crippen LogP contribution in [0.15, 0.2) is 108 Å². The number of benzene rings is 4. The van der Waals surface area contributed by atoms with Crippen LogP contribution in [0.2, 0.25) is 0 Å². The summed E-state index contributed by atoms with van der Waals surface area (Å²) in [5.41, 5.74) is 2.71. The van der Waals surface area contributed by atoms with Gasteiger partial charge in [-0.1, -0.05) is 36.4 Å². The van der Waals surface area contributed by atoms with Crippen LogP contribution in [0.1, 0.15) is 17.3 Å². The van der Waals surface area contributed by atoms with E-state index in [1.165, 1.54) is 4.90 Å². The molecule has 1 heterocycles. The van der Waals surface area contributed by atoms with E-state index in [9.17, 15) is 9.59 Å². The molecule has 0 fully saturated rings. The number of fused-ring (bicyclic) bond motifs is 1. The summed E-state index contributed by atoms with van der Waals surface area (Å²) in [6.45, 7) is 1.94. The number of nitrogens with zero attached hydrogens (tertiary/aromatic N) is 1. The lowest BCUT2D eigenvalue weighted by Crippen LogP contribution is -2.29. The van der Waals surface area contributed by atoms with Crippen molar-refractivity contribution in [3.8, 4) is 22.8 Å². The van der Waals surface area contributed by atoms with E-state index in [1.54, 1.807) is 56.5 Å². The van der Waals surface area contributed by atoms with Crippen molar-refractivity contribution in [1.29, 1.82) is 0 Å². The van der Waals surface area contributed by atoms with Gasteiger partial charge in [-0.2, -0.15) is 0 Å². The molecule has 1 amide bonds. The SMILES string of the molecule is CCOC(=O)c1c(-c2ccc(OC)cc2)oc2ccc(OC(=O)N(c3ccccc3)c3ccccc3)cc12. The summed E-state index contributed by atoms with van der Waals surface area (Å²) >= 11 is 0. The van der Waals surface area contributed by atoms with Gasteiger partial charge >= 0.3 is 12.1 Å². The van der Waals surface area contributed by atoms with Crippen LogP contribution in [0.25, 0.3) is 22.3 Å². The van der Waals surface area contributed by atoms with E-state index in [2.05, 4.69) is 0 Å². The average Bonchev–Trinajstić information content (AvgIpc) is 3.33.